The summed E-state index contributed by atoms with van der Waals surface area (Å²) in [5.74, 6) is -1.44. The molecule has 4 atom stereocenters. The van der Waals surface area contributed by atoms with E-state index in [1.54, 1.807) is 13.8 Å². The molecule has 28 heavy (non-hydrogen) atoms. The van der Waals surface area contributed by atoms with Crippen LogP contribution >= 0.6 is 15.9 Å². The van der Waals surface area contributed by atoms with Crippen LogP contribution in [0.2, 0.25) is 0 Å². The number of likely N-dealkylation sites (tertiary alicyclic amines) is 1. The van der Waals surface area contributed by atoms with Crippen molar-refractivity contribution in [3.63, 3.8) is 0 Å². The molecule has 3 heterocycles. The molecule has 1 unspecified atom stereocenters. The molecule has 3 aliphatic rings. The number of rotatable bonds is 5. The fourth-order valence-electron chi connectivity index (χ4n) is 4.05. The normalized spacial score (nSPS) is 32.2. The molecule has 154 valence electrons. The molecular formula is C19H25BrN2O6. The van der Waals surface area contributed by atoms with E-state index in [-0.39, 0.29) is 29.8 Å². The molecule has 0 N–H and O–H groups in total. The van der Waals surface area contributed by atoms with Crippen LogP contribution in [0.5, 0.6) is 0 Å². The van der Waals surface area contributed by atoms with Gasteiger partial charge in [0.1, 0.15) is 18.7 Å². The van der Waals surface area contributed by atoms with Gasteiger partial charge in [0.15, 0.2) is 5.60 Å². The van der Waals surface area contributed by atoms with Crippen molar-refractivity contribution < 1.29 is 28.7 Å². The molecule has 0 aromatic heterocycles. The Balaban J connectivity index is 1.65. The van der Waals surface area contributed by atoms with Gasteiger partial charge in [-0.05, 0) is 39.5 Å². The molecule has 3 fully saturated rings. The zero-order valence-electron chi connectivity index (χ0n) is 16.1. The van der Waals surface area contributed by atoms with E-state index in [9.17, 15) is 19.2 Å². The zero-order chi connectivity index (χ0) is 20.6. The van der Waals surface area contributed by atoms with Crippen LogP contribution in [0.4, 0.5) is 0 Å². The number of nitrogens with zero attached hydrogens (tertiary/aromatic N) is 2. The molecule has 0 aromatic rings. The first-order chi connectivity index (χ1) is 13.2. The van der Waals surface area contributed by atoms with Crippen molar-refractivity contribution in [3.8, 4) is 0 Å². The fourth-order valence-corrected chi connectivity index (χ4v) is 4.41. The summed E-state index contributed by atoms with van der Waals surface area (Å²) in [4.78, 5) is 52.9. The van der Waals surface area contributed by atoms with Crippen LogP contribution in [0.1, 0.15) is 39.5 Å². The lowest BCUT2D eigenvalue weighted by Crippen LogP contribution is -2.63. The van der Waals surface area contributed by atoms with E-state index in [0.717, 1.165) is 6.42 Å². The third-order valence-electron chi connectivity index (χ3n) is 5.61. The molecular weight excluding hydrogens is 432 g/mol. The number of ether oxygens (including phenoxy) is 2. The summed E-state index contributed by atoms with van der Waals surface area (Å²) in [6.07, 6.45) is 2.30. The third-order valence-corrected chi connectivity index (χ3v) is 6.68. The SMILES string of the molecule is C=C(C)C(=O)N1CCC[C@@H]1C(=O)OCC1CC[C@@H]2C(=O)O[C@@](C)(CBr)C(=O)N12. The van der Waals surface area contributed by atoms with E-state index in [0.29, 0.717) is 31.4 Å². The van der Waals surface area contributed by atoms with E-state index in [2.05, 4.69) is 22.5 Å². The first-order valence-electron chi connectivity index (χ1n) is 9.44. The van der Waals surface area contributed by atoms with Crippen molar-refractivity contribution in [2.24, 2.45) is 0 Å². The number of alkyl halides is 1. The molecule has 3 saturated heterocycles. The molecule has 0 spiro atoms. The smallest absolute Gasteiger partial charge is 0.329 e. The summed E-state index contributed by atoms with van der Waals surface area (Å²) >= 11 is 3.24. The van der Waals surface area contributed by atoms with Gasteiger partial charge in [0.25, 0.3) is 5.91 Å². The van der Waals surface area contributed by atoms with Gasteiger partial charge in [0.05, 0.1) is 11.4 Å². The van der Waals surface area contributed by atoms with Crippen molar-refractivity contribution in [1.29, 1.82) is 0 Å². The fraction of sp³-hybridized carbons (Fsp3) is 0.684. The van der Waals surface area contributed by atoms with E-state index in [4.69, 9.17) is 9.47 Å². The number of esters is 2. The molecule has 9 heteroatoms. The van der Waals surface area contributed by atoms with Crippen molar-refractivity contribution in [2.45, 2.75) is 63.3 Å². The average Bonchev–Trinajstić information content (AvgIpc) is 3.30. The number of morpholine rings is 1. The third kappa shape index (κ3) is 3.56. The predicted octanol–water partition coefficient (Wildman–Crippen LogP) is 1.17. The Labute approximate surface area is 172 Å². The predicted molar refractivity (Wildman–Crippen MR) is 102 cm³/mol. The number of hydrogen-bond donors (Lipinski definition) is 0. The summed E-state index contributed by atoms with van der Waals surface area (Å²) in [7, 11) is 0. The zero-order valence-corrected chi connectivity index (χ0v) is 17.7. The van der Waals surface area contributed by atoms with Crippen LogP contribution in [0.3, 0.4) is 0 Å². The second-order valence-electron chi connectivity index (χ2n) is 7.81. The Morgan fingerprint density at radius 2 is 2.04 bits per heavy atom. The van der Waals surface area contributed by atoms with Gasteiger partial charge in [-0.3, -0.25) is 9.59 Å². The Morgan fingerprint density at radius 1 is 1.32 bits per heavy atom. The van der Waals surface area contributed by atoms with Crippen LogP contribution in [-0.2, 0) is 28.7 Å². The van der Waals surface area contributed by atoms with Crippen LogP contribution in [0.25, 0.3) is 0 Å². The number of fused-ring (bicyclic) bond motifs is 1. The number of carbonyl (C=O) groups excluding carboxylic acids is 4. The van der Waals surface area contributed by atoms with E-state index < -0.39 is 29.6 Å². The van der Waals surface area contributed by atoms with Crippen LogP contribution in [0.15, 0.2) is 12.2 Å². The summed E-state index contributed by atoms with van der Waals surface area (Å²) in [6, 6.07) is -1.63. The Hall–Kier alpha value is -1.90. The first kappa shape index (κ1) is 20.8. The Bertz CT molecular complexity index is 725. The molecule has 8 nitrogen and oxygen atoms in total. The maximum atomic E-state index is 12.8. The lowest BCUT2D eigenvalue weighted by molar-refractivity contribution is -0.188. The quantitative estimate of drug-likeness (QED) is 0.350. The number of amides is 2. The largest absolute Gasteiger partial charge is 0.462 e. The summed E-state index contributed by atoms with van der Waals surface area (Å²) in [5.41, 5.74) is -0.874. The standard InChI is InChI=1S/C19H25BrN2O6/c1-11(2)15(23)21-8-4-5-13(21)16(24)27-9-12-6-7-14-17(25)28-19(3,10-20)18(26)22(12)14/h12-14H,1,4-10H2,2-3H3/t12?,13-,14-,19+/m1/s1. The molecule has 0 saturated carbocycles. The van der Waals surface area contributed by atoms with Crippen molar-refractivity contribution in [1.82, 2.24) is 9.80 Å². The van der Waals surface area contributed by atoms with E-state index >= 15 is 0 Å². The molecule has 2 amide bonds. The van der Waals surface area contributed by atoms with Crippen LogP contribution < -0.4 is 0 Å². The maximum Gasteiger partial charge on any atom is 0.329 e. The maximum absolute atomic E-state index is 12.8. The van der Waals surface area contributed by atoms with Gasteiger partial charge in [-0.25, -0.2) is 9.59 Å². The monoisotopic (exact) mass is 456 g/mol. The minimum absolute atomic E-state index is 0.00167. The van der Waals surface area contributed by atoms with Gasteiger partial charge < -0.3 is 19.3 Å². The highest BCUT2D eigenvalue weighted by Crippen LogP contribution is 2.35. The highest BCUT2D eigenvalue weighted by Gasteiger charge is 2.54. The topological polar surface area (TPSA) is 93.2 Å². The van der Waals surface area contributed by atoms with Crippen molar-refractivity contribution >= 4 is 39.7 Å². The van der Waals surface area contributed by atoms with Gasteiger partial charge in [-0.15, -0.1) is 0 Å². The minimum atomic E-state index is -1.25. The van der Waals surface area contributed by atoms with Gasteiger partial charge in [-0.2, -0.15) is 0 Å². The molecule has 0 bridgehead atoms. The second kappa shape index (κ2) is 7.85. The second-order valence-corrected chi connectivity index (χ2v) is 8.37. The highest BCUT2D eigenvalue weighted by molar-refractivity contribution is 9.09. The number of hydrogen-bond acceptors (Lipinski definition) is 6. The van der Waals surface area contributed by atoms with Crippen LogP contribution in [0, 0.1) is 0 Å². The molecule has 0 aliphatic carbocycles. The molecule has 0 radical (unpaired) electrons. The summed E-state index contributed by atoms with van der Waals surface area (Å²) in [6.45, 7) is 7.33. The van der Waals surface area contributed by atoms with Gasteiger partial charge in [0.2, 0.25) is 5.91 Å². The lowest BCUT2D eigenvalue weighted by atomic mass is 10.0. The lowest BCUT2D eigenvalue weighted by Gasteiger charge is -2.41. The summed E-state index contributed by atoms with van der Waals surface area (Å²) in [5, 5.41) is 0.195. The van der Waals surface area contributed by atoms with Crippen molar-refractivity contribution in [3.05, 3.63) is 12.2 Å². The minimum Gasteiger partial charge on any atom is -0.462 e. The van der Waals surface area contributed by atoms with E-state index in [1.165, 1.54) is 9.80 Å². The molecule has 3 rings (SSSR count). The number of carbonyl (C=O) groups is 4. The van der Waals surface area contributed by atoms with Gasteiger partial charge in [-0.1, -0.05) is 22.5 Å². The van der Waals surface area contributed by atoms with Crippen LogP contribution in [-0.4, -0.2) is 75.8 Å². The Morgan fingerprint density at radius 3 is 2.68 bits per heavy atom. The van der Waals surface area contributed by atoms with Crippen molar-refractivity contribution in [2.75, 3.05) is 18.5 Å². The van der Waals surface area contributed by atoms with Gasteiger partial charge >= 0.3 is 11.9 Å². The molecule has 0 aromatic carbocycles. The first-order valence-corrected chi connectivity index (χ1v) is 10.6. The summed E-state index contributed by atoms with van der Waals surface area (Å²) < 4.78 is 10.8. The van der Waals surface area contributed by atoms with Gasteiger partial charge in [0, 0.05) is 12.1 Å². The molecule has 3 aliphatic heterocycles. The number of halogens is 1. The number of cyclic esters (lactones) is 1. The van der Waals surface area contributed by atoms with E-state index in [1.807, 2.05) is 0 Å². The average molecular weight is 457 g/mol. The highest BCUT2D eigenvalue weighted by atomic mass is 79.9. The Kier molecular flexibility index (Phi) is 5.84.